The molecule has 0 unspecified atom stereocenters. The summed E-state index contributed by atoms with van der Waals surface area (Å²) in [5.41, 5.74) is -2.54. The molecule has 2 heterocycles. The molecule has 194 valence electrons. The maximum absolute atomic E-state index is 13.8. The molecule has 1 spiro atoms. The van der Waals surface area contributed by atoms with Crippen molar-refractivity contribution < 1.29 is 33.7 Å². The van der Waals surface area contributed by atoms with Gasteiger partial charge in [-0.1, -0.05) is 0 Å². The third-order valence-corrected chi connectivity index (χ3v) is 11.6. The molecule has 8 heteroatoms. The van der Waals surface area contributed by atoms with Crippen LogP contribution in [0.2, 0.25) is 5.32 Å². The predicted molar refractivity (Wildman–Crippen MR) is 132 cm³/mol. The van der Waals surface area contributed by atoms with Gasteiger partial charge in [0.2, 0.25) is 0 Å². The molecule has 7 nitrogen and oxygen atoms in total. The van der Waals surface area contributed by atoms with E-state index >= 15 is 0 Å². The van der Waals surface area contributed by atoms with Crippen LogP contribution in [0.15, 0.2) is 53.3 Å². The van der Waals surface area contributed by atoms with Crippen molar-refractivity contribution in [3.63, 3.8) is 0 Å². The molecule has 1 aromatic heterocycles. The molecule has 0 amide bonds. The zero-order valence-electron chi connectivity index (χ0n) is 20.7. The van der Waals surface area contributed by atoms with Crippen molar-refractivity contribution in [1.82, 2.24) is 0 Å². The van der Waals surface area contributed by atoms with E-state index in [0.29, 0.717) is 31.0 Å². The molecule has 2 aromatic rings. The van der Waals surface area contributed by atoms with Gasteiger partial charge >= 0.3 is 218 Å². The summed E-state index contributed by atoms with van der Waals surface area (Å²) in [5.74, 6) is -1.30. The second-order valence-corrected chi connectivity index (χ2v) is 12.9. The molecule has 1 aliphatic heterocycles. The quantitative estimate of drug-likeness (QED) is 0.412. The molecule has 36 heavy (non-hydrogen) atoms. The number of carbonyl (C=O) groups excluding carboxylic acids is 2. The van der Waals surface area contributed by atoms with E-state index in [1.165, 1.54) is 6.92 Å². The molecule has 2 aliphatic carbocycles. The van der Waals surface area contributed by atoms with Crippen molar-refractivity contribution in [2.75, 3.05) is 6.61 Å². The van der Waals surface area contributed by atoms with Crippen molar-refractivity contribution in [3.05, 3.63) is 54.5 Å². The van der Waals surface area contributed by atoms with E-state index in [4.69, 9.17) is 13.9 Å². The Hall–Kier alpha value is -2.12. The van der Waals surface area contributed by atoms with Gasteiger partial charge in [-0.25, -0.2) is 0 Å². The summed E-state index contributed by atoms with van der Waals surface area (Å²) < 4.78 is 18.0. The molecule has 5 rings (SSSR count). The Morgan fingerprint density at radius 2 is 2.03 bits per heavy atom. The van der Waals surface area contributed by atoms with Crippen LogP contribution in [0.25, 0.3) is 0 Å². The number of esters is 2. The van der Waals surface area contributed by atoms with Gasteiger partial charge in [0.25, 0.3) is 0 Å². The summed E-state index contributed by atoms with van der Waals surface area (Å²) >= 11 is -0.0629. The van der Waals surface area contributed by atoms with E-state index in [2.05, 4.69) is 0 Å². The van der Waals surface area contributed by atoms with Gasteiger partial charge in [0.1, 0.15) is 0 Å². The average Bonchev–Trinajstić information content (AvgIpc) is 3.50. The third kappa shape index (κ3) is 3.94. The van der Waals surface area contributed by atoms with Crippen LogP contribution in [0.4, 0.5) is 0 Å². The van der Waals surface area contributed by atoms with Crippen LogP contribution in [-0.2, 0) is 19.1 Å². The van der Waals surface area contributed by atoms with Crippen LogP contribution < -0.4 is 4.46 Å². The van der Waals surface area contributed by atoms with E-state index in [-0.39, 0.29) is 33.5 Å². The average molecular weight is 562 g/mol. The summed E-state index contributed by atoms with van der Waals surface area (Å²) in [5, 5.41) is 24.6. The van der Waals surface area contributed by atoms with Crippen LogP contribution in [0.1, 0.15) is 57.6 Å². The zero-order valence-corrected chi connectivity index (χ0v) is 22.4. The Kier molecular flexibility index (Phi) is 6.83. The standard InChI is InChI=1S/C28H34O7Se/c1-18-13-24(30)28(16-34-19(2)29)23(27(18)14-22(35-25(27)31)20-10-12-33-15-20)9-6-11-26(28,32)17-36-21-7-4-3-5-8-21/h3-5,7-8,10,12,15,18,22-24,30,32H,6,9,11,13-14,16-17H2,1-2H3/t18-,22+,23-,24+,26+,27+,28+/m1/s1. The number of hydrogen-bond acceptors (Lipinski definition) is 7. The van der Waals surface area contributed by atoms with Gasteiger partial charge in [0.15, 0.2) is 0 Å². The second-order valence-electron chi connectivity index (χ2n) is 10.7. The Morgan fingerprint density at radius 1 is 1.25 bits per heavy atom. The number of carbonyl (C=O) groups is 2. The van der Waals surface area contributed by atoms with E-state index in [0.717, 1.165) is 16.4 Å². The fourth-order valence-electron chi connectivity index (χ4n) is 7.25. The summed E-state index contributed by atoms with van der Waals surface area (Å²) in [6, 6.07) is 11.8. The first kappa shape index (κ1) is 25.5. The second kappa shape index (κ2) is 9.64. The Labute approximate surface area is 217 Å². The molecular weight excluding hydrogens is 527 g/mol. The minimum absolute atomic E-state index is 0.0629. The first-order valence-electron chi connectivity index (χ1n) is 12.7. The number of cyclic esters (lactones) is 1. The third-order valence-electron chi connectivity index (χ3n) is 9.05. The topological polar surface area (TPSA) is 106 Å². The fourth-order valence-corrected chi connectivity index (χ4v) is 9.70. The molecule has 0 radical (unpaired) electrons. The van der Waals surface area contributed by atoms with Gasteiger partial charge < -0.3 is 0 Å². The molecule has 7 atom stereocenters. The molecule has 1 saturated heterocycles. The zero-order chi connectivity index (χ0) is 25.6. The molecule has 3 aliphatic rings. The summed E-state index contributed by atoms with van der Waals surface area (Å²) in [7, 11) is 0. The molecule has 0 bridgehead atoms. The van der Waals surface area contributed by atoms with Crippen molar-refractivity contribution in [2.45, 2.75) is 69.1 Å². The number of fused-ring (bicyclic) bond motifs is 2. The number of aliphatic hydroxyl groups is 2. The van der Waals surface area contributed by atoms with Crippen LogP contribution >= 0.6 is 0 Å². The first-order chi connectivity index (χ1) is 17.2. The van der Waals surface area contributed by atoms with Crippen molar-refractivity contribution in [2.24, 2.45) is 22.7 Å². The summed E-state index contributed by atoms with van der Waals surface area (Å²) in [4.78, 5) is 25.8. The molecule has 2 N–H and O–H groups in total. The van der Waals surface area contributed by atoms with E-state index in [1.807, 2.05) is 43.3 Å². The molecule has 3 fully saturated rings. The fraction of sp³-hybridized carbons (Fsp3) is 0.571. The van der Waals surface area contributed by atoms with Gasteiger partial charge in [0.05, 0.1) is 0 Å². The number of benzene rings is 1. The van der Waals surface area contributed by atoms with Gasteiger partial charge in [-0.15, -0.1) is 0 Å². The molecule has 1 aromatic carbocycles. The van der Waals surface area contributed by atoms with Gasteiger partial charge in [-0.2, -0.15) is 0 Å². The van der Waals surface area contributed by atoms with Crippen LogP contribution in [0, 0.1) is 22.7 Å². The monoisotopic (exact) mass is 562 g/mol. The molecular formula is C28H34O7Se. The Bertz CT molecular complexity index is 1090. The maximum atomic E-state index is 13.8. The van der Waals surface area contributed by atoms with Crippen molar-refractivity contribution >= 4 is 31.4 Å². The number of rotatable bonds is 6. The summed E-state index contributed by atoms with van der Waals surface area (Å²) in [6.45, 7) is 3.22. The number of hydrogen-bond donors (Lipinski definition) is 2. The Morgan fingerprint density at radius 3 is 2.72 bits per heavy atom. The Balaban J connectivity index is 1.57. The van der Waals surface area contributed by atoms with E-state index in [1.54, 1.807) is 12.5 Å². The minimum atomic E-state index is -1.29. The van der Waals surface area contributed by atoms with Crippen LogP contribution in [0.3, 0.4) is 0 Å². The SMILES string of the molecule is CC(=O)OC[C@@]12[C@H](CCC[C@]1(O)C[Se]c1ccccc1)[C@]1(C[C@@H](c3ccoc3)OC1=O)[C@H](C)C[C@@H]2O. The van der Waals surface area contributed by atoms with Gasteiger partial charge in [-0.05, 0) is 0 Å². The van der Waals surface area contributed by atoms with Crippen LogP contribution in [0.5, 0.6) is 0 Å². The summed E-state index contributed by atoms with van der Waals surface area (Å²) in [6.07, 6.45) is 4.45. The van der Waals surface area contributed by atoms with Crippen molar-refractivity contribution in [3.8, 4) is 0 Å². The van der Waals surface area contributed by atoms with E-state index in [9.17, 15) is 19.8 Å². The normalized spacial score (nSPS) is 37.9. The number of aliphatic hydroxyl groups excluding tert-OH is 1. The first-order valence-corrected chi connectivity index (χ1v) is 14.7. The van der Waals surface area contributed by atoms with Gasteiger partial charge in [0, 0.05) is 0 Å². The number of furan rings is 1. The van der Waals surface area contributed by atoms with Crippen LogP contribution in [-0.4, -0.2) is 55.4 Å². The van der Waals surface area contributed by atoms with Crippen molar-refractivity contribution in [1.29, 1.82) is 0 Å². The molecule has 2 saturated carbocycles. The predicted octanol–water partition coefficient (Wildman–Crippen LogP) is 3.18. The number of ether oxygens (including phenoxy) is 2. The van der Waals surface area contributed by atoms with Gasteiger partial charge in [-0.3, -0.25) is 0 Å². The van der Waals surface area contributed by atoms with E-state index < -0.39 is 40.5 Å².